The summed E-state index contributed by atoms with van der Waals surface area (Å²) in [4.78, 5) is 10.9. The Hall–Kier alpha value is -0.640. The molecule has 1 fully saturated rings. The number of carbonyl (C=O) groups is 1. The first-order valence-electron chi connectivity index (χ1n) is 4.52. The third-order valence-corrected chi connectivity index (χ3v) is 3.16. The van der Waals surface area contributed by atoms with Gasteiger partial charge in [-0.25, -0.2) is 0 Å². The van der Waals surface area contributed by atoms with Crippen LogP contribution in [0.3, 0.4) is 0 Å². The van der Waals surface area contributed by atoms with E-state index in [1.165, 1.54) is 0 Å². The largest absolute Gasteiger partial charge is 0.490 e. The van der Waals surface area contributed by atoms with Crippen molar-refractivity contribution < 1.29 is 9.53 Å². The summed E-state index contributed by atoms with van der Waals surface area (Å²) in [6.45, 7) is 0. The Morgan fingerprint density at radius 1 is 1.31 bits per heavy atom. The number of primary amides is 1. The molecule has 2 N–H and O–H groups in total. The normalized spacial score (nSPS) is 28.1. The Bertz CT molecular complexity index is 210. The van der Waals surface area contributed by atoms with E-state index in [9.17, 15) is 4.79 Å². The van der Waals surface area contributed by atoms with Crippen LogP contribution in [0.4, 0.5) is 0 Å². The summed E-state index contributed by atoms with van der Waals surface area (Å²) >= 11 is 5.04. The Morgan fingerprint density at radius 3 is 2.15 bits per heavy atom. The predicted octanol–water partition coefficient (Wildman–Crippen LogP) is 1.25. The van der Waals surface area contributed by atoms with Crippen LogP contribution in [-0.2, 0) is 9.53 Å². The van der Waals surface area contributed by atoms with Crippen LogP contribution in [0, 0.1) is 11.8 Å². The van der Waals surface area contributed by atoms with Gasteiger partial charge in [-0.15, -0.1) is 0 Å². The fourth-order valence-corrected chi connectivity index (χ4v) is 2.02. The predicted molar refractivity (Wildman–Crippen MR) is 54.2 cm³/mol. The van der Waals surface area contributed by atoms with Crippen LogP contribution in [0.1, 0.15) is 25.7 Å². The van der Waals surface area contributed by atoms with Crippen LogP contribution in [0.2, 0.25) is 0 Å². The van der Waals surface area contributed by atoms with Gasteiger partial charge in [-0.2, -0.15) is 0 Å². The van der Waals surface area contributed by atoms with Gasteiger partial charge in [0, 0.05) is 11.8 Å². The minimum absolute atomic E-state index is 0.0518. The molecule has 0 radical (unpaired) electrons. The number of thiocarbonyl (C=S) groups is 1. The molecular formula is C9H15NO2S. The van der Waals surface area contributed by atoms with E-state index in [0.29, 0.717) is 11.0 Å². The maximum Gasteiger partial charge on any atom is 0.220 e. The van der Waals surface area contributed by atoms with Gasteiger partial charge in [0.15, 0.2) is 5.05 Å². The molecule has 0 heterocycles. The molecule has 1 aliphatic rings. The molecule has 1 aliphatic carbocycles. The second-order valence-corrected chi connectivity index (χ2v) is 3.88. The van der Waals surface area contributed by atoms with E-state index in [4.69, 9.17) is 22.7 Å². The highest BCUT2D eigenvalue weighted by atomic mass is 32.1. The average molecular weight is 201 g/mol. The van der Waals surface area contributed by atoms with E-state index >= 15 is 0 Å². The van der Waals surface area contributed by atoms with E-state index in [2.05, 4.69) is 0 Å². The molecule has 0 atom stereocenters. The smallest absolute Gasteiger partial charge is 0.220 e. The first-order valence-corrected chi connectivity index (χ1v) is 4.93. The van der Waals surface area contributed by atoms with Gasteiger partial charge in [-0.3, -0.25) is 4.79 Å². The maximum absolute atomic E-state index is 10.9. The molecule has 0 bridgehead atoms. The van der Waals surface area contributed by atoms with Gasteiger partial charge in [0.2, 0.25) is 5.91 Å². The van der Waals surface area contributed by atoms with Gasteiger partial charge < -0.3 is 10.5 Å². The fraction of sp³-hybridized carbons (Fsp3) is 0.778. The van der Waals surface area contributed by atoms with Crippen molar-refractivity contribution in [1.82, 2.24) is 0 Å². The van der Waals surface area contributed by atoms with Crippen molar-refractivity contribution in [2.24, 2.45) is 17.6 Å². The van der Waals surface area contributed by atoms with E-state index < -0.39 is 0 Å². The van der Waals surface area contributed by atoms with Gasteiger partial charge >= 0.3 is 0 Å². The Kier molecular flexibility index (Phi) is 3.66. The quantitative estimate of drug-likeness (QED) is 0.684. The van der Waals surface area contributed by atoms with Crippen molar-refractivity contribution in [1.29, 1.82) is 0 Å². The monoisotopic (exact) mass is 201 g/mol. The summed E-state index contributed by atoms with van der Waals surface area (Å²) in [6.07, 6.45) is 3.56. The van der Waals surface area contributed by atoms with Gasteiger partial charge in [0.1, 0.15) is 0 Å². The molecular weight excluding hydrogens is 186 g/mol. The van der Waals surface area contributed by atoms with Crippen LogP contribution in [0.25, 0.3) is 0 Å². The lowest BCUT2D eigenvalue weighted by molar-refractivity contribution is -0.122. The van der Waals surface area contributed by atoms with Crippen molar-refractivity contribution in [3.8, 4) is 0 Å². The van der Waals surface area contributed by atoms with Crippen LogP contribution >= 0.6 is 12.2 Å². The molecule has 1 rings (SSSR count). The van der Waals surface area contributed by atoms with Crippen LogP contribution in [-0.4, -0.2) is 18.1 Å². The van der Waals surface area contributed by atoms with Crippen LogP contribution in [0.5, 0.6) is 0 Å². The molecule has 0 aromatic rings. The second kappa shape index (κ2) is 4.56. The van der Waals surface area contributed by atoms with Gasteiger partial charge in [-0.05, 0) is 37.9 Å². The molecule has 0 aliphatic heterocycles. The molecule has 74 valence electrons. The van der Waals surface area contributed by atoms with Crippen molar-refractivity contribution in [3.05, 3.63) is 0 Å². The van der Waals surface area contributed by atoms with Gasteiger partial charge in [-0.1, -0.05) is 0 Å². The van der Waals surface area contributed by atoms with Gasteiger partial charge in [0.25, 0.3) is 0 Å². The number of carbonyl (C=O) groups excluding carboxylic acids is 1. The lowest BCUT2D eigenvalue weighted by Crippen LogP contribution is -2.29. The zero-order valence-corrected chi connectivity index (χ0v) is 8.60. The maximum atomic E-state index is 10.9. The first-order chi connectivity index (χ1) is 6.15. The highest BCUT2D eigenvalue weighted by Crippen LogP contribution is 2.29. The summed E-state index contributed by atoms with van der Waals surface area (Å²) in [7, 11) is 1.60. The highest BCUT2D eigenvalue weighted by molar-refractivity contribution is 7.80. The molecule has 3 nitrogen and oxygen atoms in total. The topological polar surface area (TPSA) is 52.3 Å². The van der Waals surface area contributed by atoms with E-state index in [0.717, 1.165) is 25.7 Å². The summed E-state index contributed by atoms with van der Waals surface area (Å²) < 4.78 is 5.00. The standard InChI is InChI=1S/C9H15NO2S/c1-12-9(13)7-4-2-6(3-5-7)8(10)11/h6-7H,2-5H2,1H3,(H2,10,11)/t6-,7-. The number of ether oxygens (including phenoxy) is 1. The molecule has 0 unspecified atom stereocenters. The van der Waals surface area contributed by atoms with Crippen LogP contribution in [0.15, 0.2) is 0 Å². The lowest BCUT2D eigenvalue weighted by Gasteiger charge is -2.26. The number of hydrogen-bond donors (Lipinski definition) is 1. The molecule has 0 spiro atoms. The minimum Gasteiger partial charge on any atom is -0.490 e. The third-order valence-electron chi connectivity index (χ3n) is 2.66. The summed E-state index contributed by atoms with van der Waals surface area (Å²) in [5, 5.41) is 0.669. The van der Waals surface area contributed by atoms with Gasteiger partial charge in [0.05, 0.1) is 7.11 Å². The Labute approximate surface area is 83.6 Å². The molecule has 0 aromatic carbocycles. The Morgan fingerprint density at radius 2 is 1.77 bits per heavy atom. The molecule has 1 saturated carbocycles. The van der Waals surface area contributed by atoms with E-state index in [-0.39, 0.29) is 11.8 Å². The average Bonchev–Trinajstić information content (AvgIpc) is 2.17. The molecule has 0 aromatic heterocycles. The molecule has 1 amide bonds. The van der Waals surface area contributed by atoms with Crippen molar-refractivity contribution >= 4 is 23.2 Å². The summed E-state index contributed by atoms with van der Waals surface area (Å²) in [6, 6.07) is 0. The molecule has 4 heteroatoms. The number of hydrogen-bond acceptors (Lipinski definition) is 3. The highest BCUT2D eigenvalue weighted by Gasteiger charge is 2.27. The minimum atomic E-state index is -0.179. The van der Waals surface area contributed by atoms with E-state index in [1.54, 1.807) is 7.11 Å². The van der Waals surface area contributed by atoms with Crippen LogP contribution < -0.4 is 5.73 Å². The van der Waals surface area contributed by atoms with Crippen molar-refractivity contribution in [2.75, 3.05) is 7.11 Å². The van der Waals surface area contributed by atoms with Crippen molar-refractivity contribution in [3.63, 3.8) is 0 Å². The molecule has 0 saturated heterocycles. The number of amides is 1. The summed E-state index contributed by atoms with van der Waals surface area (Å²) in [5.41, 5.74) is 5.22. The Balaban J connectivity index is 2.39. The number of nitrogens with two attached hydrogens (primary N) is 1. The zero-order valence-electron chi connectivity index (χ0n) is 7.79. The molecule has 13 heavy (non-hydrogen) atoms. The number of methoxy groups -OCH3 is 1. The SMILES string of the molecule is COC(=S)[C@H]1CC[C@H](C(N)=O)CC1. The lowest BCUT2D eigenvalue weighted by atomic mass is 9.82. The first kappa shape index (κ1) is 10.4. The van der Waals surface area contributed by atoms with Crippen molar-refractivity contribution in [2.45, 2.75) is 25.7 Å². The van der Waals surface area contributed by atoms with E-state index in [1.807, 2.05) is 0 Å². The second-order valence-electron chi connectivity index (χ2n) is 3.47. The zero-order chi connectivity index (χ0) is 9.84. The summed E-state index contributed by atoms with van der Waals surface area (Å²) in [5.74, 6) is 0.216. The third kappa shape index (κ3) is 2.66. The fourth-order valence-electron chi connectivity index (χ4n) is 1.78. The number of rotatable bonds is 2.